The highest BCUT2D eigenvalue weighted by Crippen LogP contribution is 2.22. The van der Waals surface area contributed by atoms with Crippen molar-refractivity contribution in [3.8, 4) is 0 Å². The van der Waals surface area contributed by atoms with Gasteiger partial charge in [0.15, 0.2) is 0 Å². The Hall–Kier alpha value is -1.66. The van der Waals surface area contributed by atoms with Gasteiger partial charge in [0.25, 0.3) is 5.69 Å². The van der Waals surface area contributed by atoms with Gasteiger partial charge in [0, 0.05) is 32.3 Å². The van der Waals surface area contributed by atoms with Crippen molar-refractivity contribution in [3.05, 3.63) is 33.9 Å². The summed E-state index contributed by atoms with van der Waals surface area (Å²) in [5.74, 6) is 0. The number of benzene rings is 1. The quantitative estimate of drug-likeness (QED) is 0.499. The second-order valence-corrected chi connectivity index (χ2v) is 4.39. The average Bonchev–Trinajstić information content (AvgIpc) is 2.57. The van der Waals surface area contributed by atoms with E-state index in [4.69, 9.17) is 10.5 Å². The first kappa shape index (κ1) is 12.8. The van der Waals surface area contributed by atoms with Crippen LogP contribution in [0.3, 0.4) is 0 Å². The summed E-state index contributed by atoms with van der Waals surface area (Å²) in [6.07, 6.45) is 1.02. The normalized spacial score (nSPS) is 17.3. The molecule has 0 aromatic heterocycles. The molecular formula is C12H17N3O3. The Bertz CT molecular complexity index is 429. The zero-order chi connectivity index (χ0) is 13.0. The highest BCUT2D eigenvalue weighted by atomic mass is 16.6. The molecule has 6 heteroatoms. The number of nitrogens with zero attached hydrogens (tertiary/aromatic N) is 2. The molecule has 0 atom stereocenters. The third kappa shape index (κ3) is 3.18. The van der Waals surface area contributed by atoms with Crippen molar-refractivity contribution < 1.29 is 9.66 Å². The average molecular weight is 251 g/mol. The van der Waals surface area contributed by atoms with E-state index in [-0.39, 0.29) is 11.4 Å². The van der Waals surface area contributed by atoms with E-state index in [1.807, 2.05) is 0 Å². The standard InChI is InChI=1S/C12H17N3O3/c13-11-8-10(2-3-12(11)15(16)17)9-14-4-1-6-18-7-5-14/h2-3,8H,1,4-7,9,13H2. The van der Waals surface area contributed by atoms with Crippen LogP contribution in [0, 0.1) is 10.1 Å². The summed E-state index contributed by atoms with van der Waals surface area (Å²) in [5.41, 5.74) is 6.87. The Kier molecular flexibility index (Phi) is 4.11. The van der Waals surface area contributed by atoms with Crippen molar-refractivity contribution in [2.24, 2.45) is 0 Å². The molecule has 1 fully saturated rings. The van der Waals surface area contributed by atoms with Crippen LogP contribution in [0.1, 0.15) is 12.0 Å². The van der Waals surface area contributed by atoms with E-state index in [1.54, 1.807) is 12.1 Å². The Morgan fingerprint density at radius 1 is 1.39 bits per heavy atom. The summed E-state index contributed by atoms with van der Waals surface area (Å²) in [7, 11) is 0. The van der Waals surface area contributed by atoms with Crippen molar-refractivity contribution in [2.45, 2.75) is 13.0 Å². The smallest absolute Gasteiger partial charge is 0.292 e. The van der Waals surface area contributed by atoms with Crippen LogP contribution in [-0.4, -0.2) is 36.1 Å². The molecular weight excluding hydrogens is 234 g/mol. The molecule has 0 bridgehead atoms. The van der Waals surface area contributed by atoms with Crippen LogP contribution in [-0.2, 0) is 11.3 Å². The topological polar surface area (TPSA) is 81.6 Å². The summed E-state index contributed by atoms with van der Waals surface area (Å²) in [5, 5.41) is 10.7. The van der Waals surface area contributed by atoms with Crippen LogP contribution in [0.2, 0.25) is 0 Å². The molecule has 1 heterocycles. The fourth-order valence-electron chi connectivity index (χ4n) is 2.08. The molecule has 0 amide bonds. The molecule has 98 valence electrons. The molecule has 18 heavy (non-hydrogen) atoms. The minimum absolute atomic E-state index is 0.0297. The van der Waals surface area contributed by atoms with Crippen LogP contribution >= 0.6 is 0 Å². The van der Waals surface area contributed by atoms with Gasteiger partial charge in [-0.15, -0.1) is 0 Å². The van der Waals surface area contributed by atoms with Gasteiger partial charge in [0.05, 0.1) is 11.5 Å². The van der Waals surface area contributed by atoms with Crippen molar-refractivity contribution in [2.75, 3.05) is 32.0 Å². The van der Waals surface area contributed by atoms with E-state index in [9.17, 15) is 10.1 Å². The predicted molar refractivity (Wildman–Crippen MR) is 68.2 cm³/mol. The molecule has 1 aromatic rings. The molecule has 6 nitrogen and oxygen atoms in total. The van der Waals surface area contributed by atoms with Gasteiger partial charge in [-0.1, -0.05) is 6.07 Å². The minimum atomic E-state index is -0.459. The molecule has 1 aliphatic heterocycles. The SMILES string of the molecule is Nc1cc(CN2CCCOCC2)ccc1[N+](=O)[O-]. The number of nitro groups is 1. The maximum absolute atomic E-state index is 10.7. The molecule has 0 unspecified atom stereocenters. The van der Waals surface area contributed by atoms with Gasteiger partial charge in [0.2, 0.25) is 0 Å². The molecule has 0 radical (unpaired) electrons. The van der Waals surface area contributed by atoms with Crippen molar-refractivity contribution in [1.82, 2.24) is 4.90 Å². The van der Waals surface area contributed by atoms with E-state index in [1.165, 1.54) is 6.07 Å². The zero-order valence-corrected chi connectivity index (χ0v) is 10.2. The number of anilines is 1. The highest BCUT2D eigenvalue weighted by molar-refractivity contribution is 5.59. The number of nitrogens with two attached hydrogens (primary N) is 1. The molecule has 0 spiro atoms. The monoisotopic (exact) mass is 251 g/mol. The lowest BCUT2D eigenvalue weighted by molar-refractivity contribution is -0.383. The lowest BCUT2D eigenvalue weighted by Gasteiger charge is -2.19. The summed E-state index contributed by atoms with van der Waals surface area (Å²) in [6.45, 7) is 4.17. The molecule has 1 saturated heterocycles. The molecule has 2 N–H and O–H groups in total. The maximum atomic E-state index is 10.7. The van der Waals surface area contributed by atoms with Gasteiger partial charge in [-0.05, 0) is 18.1 Å². The summed E-state index contributed by atoms with van der Waals surface area (Å²) >= 11 is 0. The predicted octanol–water partition coefficient (Wildman–Crippen LogP) is 1.40. The minimum Gasteiger partial charge on any atom is -0.393 e. The van der Waals surface area contributed by atoms with E-state index in [2.05, 4.69) is 4.90 Å². The number of hydrogen-bond donors (Lipinski definition) is 1. The van der Waals surface area contributed by atoms with Gasteiger partial charge in [-0.3, -0.25) is 15.0 Å². The van der Waals surface area contributed by atoms with Crippen LogP contribution < -0.4 is 5.73 Å². The Balaban J connectivity index is 2.05. The molecule has 2 rings (SSSR count). The fraction of sp³-hybridized carbons (Fsp3) is 0.500. The van der Waals surface area contributed by atoms with Gasteiger partial charge in [0.1, 0.15) is 5.69 Å². The van der Waals surface area contributed by atoms with Crippen molar-refractivity contribution >= 4 is 11.4 Å². The van der Waals surface area contributed by atoms with Crippen LogP contribution in [0.25, 0.3) is 0 Å². The second-order valence-electron chi connectivity index (χ2n) is 4.39. The first-order valence-corrected chi connectivity index (χ1v) is 6.00. The molecule has 0 aliphatic carbocycles. The largest absolute Gasteiger partial charge is 0.393 e. The second kappa shape index (κ2) is 5.79. The summed E-state index contributed by atoms with van der Waals surface area (Å²) in [4.78, 5) is 12.5. The first-order valence-electron chi connectivity index (χ1n) is 6.00. The van der Waals surface area contributed by atoms with Gasteiger partial charge in [-0.2, -0.15) is 0 Å². The Labute approximate surface area is 105 Å². The molecule has 1 aromatic carbocycles. The summed E-state index contributed by atoms with van der Waals surface area (Å²) < 4.78 is 5.38. The molecule has 0 saturated carbocycles. The highest BCUT2D eigenvalue weighted by Gasteiger charge is 2.14. The van der Waals surface area contributed by atoms with Gasteiger partial charge < -0.3 is 10.5 Å². The van der Waals surface area contributed by atoms with Crippen LogP contribution in [0.15, 0.2) is 18.2 Å². The van der Waals surface area contributed by atoms with E-state index >= 15 is 0 Å². The van der Waals surface area contributed by atoms with Gasteiger partial charge >= 0.3 is 0 Å². The van der Waals surface area contributed by atoms with E-state index in [0.717, 1.165) is 44.8 Å². The Morgan fingerprint density at radius 3 is 2.94 bits per heavy atom. The Morgan fingerprint density at radius 2 is 2.22 bits per heavy atom. The first-order chi connectivity index (χ1) is 8.66. The molecule has 1 aliphatic rings. The number of ether oxygens (including phenoxy) is 1. The maximum Gasteiger partial charge on any atom is 0.292 e. The lowest BCUT2D eigenvalue weighted by Crippen LogP contribution is -2.25. The third-order valence-corrected chi connectivity index (χ3v) is 3.01. The number of nitro benzene ring substituents is 1. The number of rotatable bonds is 3. The van der Waals surface area contributed by atoms with Gasteiger partial charge in [-0.25, -0.2) is 0 Å². The van der Waals surface area contributed by atoms with Crippen molar-refractivity contribution in [1.29, 1.82) is 0 Å². The zero-order valence-electron chi connectivity index (χ0n) is 10.2. The number of hydrogen-bond acceptors (Lipinski definition) is 5. The summed E-state index contributed by atoms with van der Waals surface area (Å²) in [6, 6.07) is 4.92. The number of nitrogen functional groups attached to an aromatic ring is 1. The lowest BCUT2D eigenvalue weighted by atomic mass is 10.1. The van der Waals surface area contributed by atoms with Crippen molar-refractivity contribution in [3.63, 3.8) is 0 Å². The van der Waals surface area contributed by atoms with E-state index in [0.29, 0.717) is 0 Å². The van der Waals surface area contributed by atoms with Crippen LogP contribution in [0.5, 0.6) is 0 Å². The van der Waals surface area contributed by atoms with Crippen LogP contribution in [0.4, 0.5) is 11.4 Å². The van der Waals surface area contributed by atoms with E-state index < -0.39 is 4.92 Å². The fourth-order valence-corrected chi connectivity index (χ4v) is 2.08. The third-order valence-electron chi connectivity index (χ3n) is 3.01.